The van der Waals surface area contributed by atoms with Gasteiger partial charge in [-0.3, -0.25) is 5.32 Å². The average Bonchev–Trinajstić information content (AvgIpc) is 2.94. The van der Waals surface area contributed by atoms with Gasteiger partial charge in [0.15, 0.2) is 0 Å². The Bertz CT molecular complexity index is 618. The summed E-state index contributed by atoms with van der Waals surface area (Å²) in [6.45, 7) is 0.958. The van der Waals surface area contributed by atoms with Gasteiger partial charge < -0.3 is 9.64 Å². The van der Waals surface area contributed by atoms with Crippen LogP contribution in [0, 0.1) is 5.82 Å². The van der Waals surface area contributed by atoms with E-state index in [1.165, 1.54) is 28.4 Å². The molecule has 1 N–H and O–H groups in total. The maximum atomic E-state index is 12.9. The molecule has 0 radical (unpaired) electrons. The molecule has 0 saturated heterocycles. The van der Waals surface area contributed by atoms with Gasteiger partial charge in [-0.05, 0) is 17.7 Å². The number of methoxy groups -OCH3 is 1. The molecule has 8 heteroatoms. The minimum absolute atomic E-state index is 0.262. The van der Waals surface area contributed by atoms with Crippen LogP contribution < -0.4 is 5.32 Å². The molecule has 6 nitrogen and oxygen atoms in total. The normalized spacial score (nSPS) is 10.5. The SMILES string of the molecule is COCCN(C)C(=O)Nc1nnc(Cc2ccc(F)cc2)s1. The molecule has 0 aliphatic rings. The maximum absolute atomic E-state index is 12.9. The highest BCUT2D eigenvalue weighted by molar-refractivity contribution is 7.15. The molecule has 2 rings (SSSR count). The second kappa shape index (κ2) is 7.81. The van der Waals surface area contributed by atoms with Crippen LogP contribution in [0.2, 0.25) is 0 Å². The van der Waals surface area contributed by atoms with Crippen molar-refractivity contribution in [1.29, 1.82) is 0 Å². The fraction of sp³-hybridized carbons (Fsp3) is 0.357. The smallest absolute Gasteiger partial charge is 0.323 e. The zero-order chi connectivity index (χ0) is 15.9. The molecular formula is C14H17FN4O2S. The lowest BCUT2D eigenvalue weighted by Crippen LogP contribution is -2.33. The van der Waals surface area contributed by atoms with E-state index < -0.39 is 0 Å². The molecular weight excluding hydrogens is 307 g/mol. The number of urea groups is 1. The molecule has 0 bridgehead atoms. The van der Waals surface area contributed by atoms with E-state index >= 15 is 0 Å². The summed E-state index contributed by atoms with van der Waals surface area (Å²) in [6, 6.07) is 5.95. The molecule has 1 heterocycles. The number of nitrogens with zero attached hydrogens (tertiary/aromatic N) is 3. The number of halogens is 1. The first-order chi connectivity index (χ1) is 10.6. The van der Waals surface area contributed by atoms with Crippen molar-refractivity contribution in [2.24, 2.45) is 0 Å². The van der Waals surface area contributed by atoms with E-state index in [0.717, 1.165) is 10.6 Å². The van der Waals surface area contributed by atoms with Crippen LogP contribution in [0.5, 0.6) is 0 Å². The van der Waals surface area contributed by atoms with Gasteiger partial charge in [0.25, 0.3) is 0 Å². The predicted octanol–water partition coefficient (Wildman–Crippen LogP) is 2.38. The van der Waals surface area contributed by atoms with Crippen LogP contribution in [-0.4, -0.2) is 48.4 Å². The van der Waals surface area contributed by atoms with Gasteiger partial charge in [0.1, 0.15) is 10.8 Å². The number of ether oxygens (including phenoxy) is 1. The number of rotatable bonds is 6. The summed E-state index contributed by atoms with van der Waals surface area (Å²) in [4.78, 5) is 13.4. The molecule has 0 fully saturated rings. The van der Waals surface area contributed by atoms with Gasteiger partial charge in [-0.2, -0.15) is 0 Å². The summed E-state index contributed by atoms with van der Waals surface area (Å²) < 4.78 is 17.8. The van der Waals surface area contributed by atoms with E-state index in [2.05, 4.69) is 15.5 Å². The quantitative estimate of drug-likeness (QED) is 0.886. The van der Waals surface area contributed by atoms with Gasteiger partial charge in [-0.1, -0.05) is 23.5 Å². The van der Waals surface area contributed by atoms with Crippen molar-refractivity contribution in [3.05, 3.63) is 40.7 Å². The Morgan fingerprint density at radius 1 is 1.36 bits per heavy atom. The monoisotopic (exact) mass is 324 g/mol. The fourth-order valence-corrected chi connectivity index (χ4v) is 2.43. The number of hydrogen-bond acceptors (Lipinski definition) is 5. The van der Waals surface area contributed by atoms with Crippen molar-refractivity contribution < 1.29 is 13.9 Å². The molecule has 2 amide bonds. The van der Waals surface area contributed by atoms with Crippen LogP contribution in [0.25, 0.3) is 0 Å². The number of anilines is 1. The molecule has 0 aliphatic carbocycles. The van der Waals surface area contributed by atoms with Crippen LogP contribution >= 0.6 is 11.3 Å². The highest BCUT2D eigenvalue weighted by Gasteiger charge is 2.12. The molecule has 0 atom stereocenters. The van der Waals surface area contributed by atoms with Gasteiger partial charge in [-0.25, -0.2) is 9.18 Å². The standard InChI is InChI=1S/C14H17FN4O2S/c1-19(7-8-21-2)14(20)16-13-18-17-12(22-13)9-10-3-5-11(15)6-4-10/h3-6H,7-9H2,1-2H3,(H,16,18,20). The summed E-state index contributed by atoms with van der Waals surface area (Å²) in [5.74, 6) is -0.270. The van der Waals surface area contributed by atoms with Crippen molar-refractivity contribution in [2.45, 2.75) is 6.42 Å². The number of benzene rings is 1. The predicted molar refractivity (Wildman–Crippen MR) is 82.6 cm³/mol. The third-order valence-electron chi connectivity index (χ3n) is 2.93. The van der Waals surface area contributed by atoms with Crippen LogP contribution in [-0.2, 0) is 11.2 Å². The van der Waals surface area contributed by atoms with Crippen LogP contribution in [0.4, 0.5) is 14.3 Å². The molecule has 0 aliphatic heterocycles. The number of carbonyl (C=O) groups excluding carboxylic acids is 1. The van der Waals surface area contributed by atoms with Gasteiger partial charge in [-0.15, -0.1) is 10.2 Å². The highest BCUT2D eigenvalue weighted by Crippen LogP contribution is 2.19. The van der Waals surface area contributed by atoms with Crippen LogP contribution in [0.15, 0.2) is 24.3 Å². The summed E-state index contributed by atoms with van der Waals surface area (Å²) >= 11 is 1.30. The van der Waals surface area contributed by atoms with Gasteiger partial charge in [0.05, 0.1) is 6.61 Å². The summed E-state index contributed by atoms with van der Waals surface area (Å²) in [6.07, 6.45) is 0.549. The minimum atomic E-state index is -0.270. The van der Waals surface area contributed by atoms with E-state index in [4.69, 9.17) is 4.74 Å². The van der Waals surface area contributed by atoms with Crippen molar-refractivity contribution >= 4 is 22.5 Å². The number of aromatic nitrogens is 2. The summed E-state index contributed by atoms with van der Waals surface area (Å²) in [7, 11) is 3.26. The summed E-state index contributed by atoms with van der Waals surface area (Å²) in [5.41, 5.74) is 0.938. The fourth-order valence-electron chi connectivity index (χ4n) is 1.67. The molecule has 118 valence electrons. The van der Waals surface area contributed by atoms with Crippen LogP contribution in [0.1, 0.15) is 10.6 Å². The lowest BCUT2D eigenvalue weighted by atomic mass is 10.2. The van der Waals surface area contributed by atoms with Crippen molar-refractivity contribution in [2.75, 3.05) is 32.6 Å². The number of likely N-dealkylation sites (N-methyl/N-ethyl adjacent to an activating group) is 1. The third kappa shape index (κ3) is 4.74. The average molecular weight is 324 g/mol. The van der Waals surface area contributed by atoms with E-state index in [1.54, 1.807) is 26.3 Å². The largest absolute Gasteiger partial charge is 0.383 e. The Balaban J connectivity index is 1.91. The van der Waals surface area contributed by atoms with Gasteiger partial charge in [0, 0.05) is 27.1 Å². The number of amides is 2. The highest BCUT2D eigenvalue weighted by atomic mass is 32.1. The third-order valence-corrected chi connectivity index (χ3v) is 3.77. The van der Waals surface area contributed by atoms with E-state index in [-0.39, 0.29) is 11.8 Å². The van der Waals surface area contributed by atoms with Crippen molar-refractivity contribution in [3.8, 4) is 0 Å². The van der Waals surface area contributed by atoms with Crippen molar-refractivity contribution in [1.82, 2.24) is 15.1 Å². The second-order valence-corrected chi connectivity index (χ2v) is 5.71. The zero-order valence-electron chi connectivity index (χ0n) is 12.4. The Morgan fingerprint density at radius 3 is 2.77 bits per heavy atom. The number of carbonyl (C=O) groups is 1. The van der Waals surface area contributed by atoms with Crippen molar-refractivity contribution in [3.63, 3.8) is 0 Å². The number of nitrogens with one attached hydrogen (secondary N) is 1. The van der Waals surface area contributed by atoms with Gasteiger partial charge in [0.2, 0.25) is 5.13 Å². The molecule has 1 aromatic carbocycles. The first-order valence-electron chi connectivity index (χ1n) is 6.66. The molecule has 2 aromatic rings. The number of hydrogen-bond donors (Lipinski definition) is 1. The molecule has 0 saturated carbocycles. The van der Waals surface area contributed by atoms with E-state index in [9.17, 15) is 9.18 Å². The Hall–Kier alpha value is -2.06. The topological polar surface area (TPSA) is 67.3 Å². The second-order valence-electron chi connectivity index (χ2n) is 4.65. The Labute approximate surface area is 131 Å². The van der Waals surface area contributed by atoms with E-state index in [1.807, 2.05) is 0 Å². The summed E-state index contributed by atoms with van der Waals surface area (Å²) in [5, 5.41) is 11.8. The van der Waals surface area contributed by atoms with Gasteiger partial charge >= 0.3 is 6.03 Å². The Kier molecular flexibility index (Phi) is 5.79. The Morgan fingerprint density at radius 2 is 2.09 bits per heavy atom. The molecule has 0 unspecified atom stereocenters. The first kappa shape index (κ1) is 16.3. The maximum Gasteiger partial charge on any atom is 0.323 e. The molecule has 0 spiro atoms. The lowest BCUT2D eigenvalue weighted by molar-refractivity contribution is 0.165. The minimum Gasteiger partial charge on any atom is -0.383 e. The molecule has 22 heavy (non-hydrogen) atoms. The molecule has 1 aromatic heterocycles. The lowest BCUT2D eigenvalue weighted by Gasteiger charge is -2.15. The van der Waals surface area contributed by atoms with E-state index in [0.29, 0.717) is 24.7 Å². The van der Waals surface area contributed by atoms with Crippen LogP contribution in [0.3, 0.4) is 0 Å². The zero-order valence-corrected chi connectivity index (χ0v) is 13.2. The first-order valence-corrected chi connectivity index (χ1v) is 7.48.